The predicted molar refractivity (Wildman–Crippen MR) is 75.0 cm³/mol. The molecule has 108 valence electrons. The van der Waals surface area contributed by atoms with Gasteiger partial charge in [0.05, 0.1) is 10.6 Å². The minimum absolute atomic E-state index is 0.0518. The fraction of sp³-hybridized carbons (Fsp3) is 0.462. The van der Waals surface area contributed by atoms with Crippen molar-refractivity contribution in [3.05, 3.63) is 22.8 Å². The Labute approximate surface area is 121 Å². The molecule has 1 aliphatic heterocycles. The van der Waals surface area contributed by atoms with Crippen molar-refractivity contribution >= 4 is 29.3 Å². The smallest absolute Gasteiger partial charge is 0.337 e. The zero-order chi connectivity index (χ0) is 14.7. The number of carbonyl (C=O) groups excluding carboxylic acids is 1. The van der Waals surface area contributed by atoms with Crippen LogP contribution in [-0.4, -0.2) is 35.1 Å². The van der Waals surface area contributed by atoms with Crippen LogP contribution in [0.15, 0.2) is 12.3 Å². The topological polar surface area (TPSA) is 96.5 Å². The van der Waals surface area contributed by atoms with Crippen LogP contribution in [0.25, 0.3) is 0 Å². The third kappa shape index (κ3) is 3.39. The molecule has 0 radical (unpaired) electrons. The molecule has 1 saturated heterocycles. The molecule has 1 aliphatic rings. The highest BCUT2D eigenvalue weighted by molar-refractivity contribution is 6.33. The third-order valence-corrected chi connectivity index (χ3v) is 3.80. The monoisotopic (exact) mass is 297 g/mol. The molecule has 7 heteroatoms. The summed E-state index contributed by atoms with van der Waals surface area (Å²) in [5.74, 6) is -0.442. The van der Waals surface area contributed by atoms with E-state index >= 15 is 0 Å². The van der Waals surface area contributed by atoms with Gasteiger partial charge in [0, 0.05) is 25.7 Å². The Morgan fingerprint density at radius 2 is 2.10 bits per heavy atom. The number of piperidine rings is 1. The fourth-order valence-corrected chi connectivity index (χ4v) is 2.60. The Morgan fingerprint density at radius 3 is 2.65 bits per heavy atom. The maximum absolute atomic E-state index is 11.0. The van der Waals surface area contributed by atoms with Crippen molar-refractivity contribution in [1.29, 1.82) is 0 Å². The van der Waals surface area contributed by atoms with Crippen LogP contribution in [0.1, 0.15) is 29.6 Å². The Kier molecular flexibility index (Phi) is 4.44. The van der Waals surface area contributed by atoms with Crippen molar-refractivity contribution in [2.75, 3.05) is 18.0 Å². The molecule has 3 N–H and O–H groups in total. The molecular weight excluding hydrogens is 282 g/mol. The van der Waals surface area contributed by atoms with E-state index in [1.807, 2.05) is 4.90 Å². The Hall–Kier alpha value is -1.82. The number of carbonyl (C=O) groups is 2. The van der Waals surface area contributed by atoms with E-state index in [4.69, 9.17) is 22.4 Å². The average molecular weight is 298 g/mol. The summed E-state index contributed by atoms with van der Waals surface area (Å²) in [7, 11) is 0. The third-order valence-electron chi connectivity index (χ3n) is 3.50. The van der Waals surface area contributed by atoms with Crippen molar-refractivity contribution in [2.45, 2.75) is 19.3 Å². The minimum atomic E-state index is -1.07. The highest BCUT2D eigenvalue weighted by atomic mass is 35.5. The summed E-state index contributed by atoms with van der Waals surface area (Å²) in [6.45, 7) is 1.46. The highest BCUT2D eigenvalue weighted by Gasteiger charge is 2.22. The van der Waals surface area contributed by atoms with Crippen molar-refractivity contribution in [1.82, 2.24) is 4.98 Å². The first-order chi connectivity index (χ1) is 9.47. The van der Waals surface area contributed by atoms with E-state index in [0.29, 0.717) is 18.2 Å². The average Bonchev–Trinajstić information content (AvgIpc) is 2.39. The number of pyridine rings is 1. The standard InChI is InChI=1S/C13H16ClN3O3/c14-10-7-16-12(6-9(10)13(19)20)17-3-1-8(2-4-17)5-11(15)18/h6-8H,1-5H2,(H2,15,18)(H,19,20). The highest BCUT2D eigenvalue weighted by Crippen LogP contribution is 2.26. The molecule has 0 spiro atoms. The van der Waals surface area contributed by atoms with E-state index in [1.54, 1.807) is 0 Å². The quantitative estimate of drug-likeness (QED) is 0.878. The van der Waals surface area contributed by atoms with E-state index in [2.05, 4.69) is 4.98 Å². The summed E-state index contributed by atoms with van der Waals surface area (Å²) in [5.41, 5.74) is 5.25. The van der Waals surface area contributed by atoms with Crippen molar-refractivity contribution < 1.29 is 14.7 Å². The maximum Gasteiger partial charge on any atom is 0.337 e. The van der Waals surface area contributed by atoms with E-state index in [1.165, 1.54) is 12.3 Å². The summed E-state index contributed by atoms with van der Waals surface area (Å²) in [5, 5.41) is 9.18. The van der Waals surface area contributed by atoms with E-state index < -0.39 is 5.97 Å². The summed E-state index contributed by atoms with van der Waals surface area (Å²) in [6.07, 6.45) is 3.45. The van der Waals surface area contributed by atoms with Gasteiger partial charge in [0.2, 0.25) is 5.91 Å². The fourth-order valence-electron chi connectivity index (χ4n) is 2.42. The van der Waals surface area contributed by atoms with Crippen LogP contribution in [0.5, 0.6) is 0 Å². The van der Waals surface area contributed by atoms with Gasteiger partial charge >= 0.3 is 5.97 Å². The number of carboxylic acid groups (broad SMARTS) is 1. The van der Waals surface area contributed by atoms with Crippen LogP contribution in [0, 0.1) is 5.92 Å². The lowest BCUT2D eigenvalue weighted by Gasteiger charge is -2.32. The largest absolute Gasteiger partial charge is 0.478 e. The van der Waals surface area contributed by atoms with Crippen LogP contribution < -0.4 is 10.6 Å². The van der Waals surface area contributed by atoms with E-state index in [-0.39, 0.29) is 16.5 Å². The number of nitrogens with two attached hydrogens (primary N) is 1. The van der Waals surface area contributed by atoms with Crippen molar-refractivity contribution in [2.24, 2.45) is 11.7 Å². The van der Waals surface area contributed by atoms with Crippen LogP contribution in [0.2, 0.25) is 5.02 Å². The molecular formula is C13H16ClN3O3. The van der Waals surface area contributed by atoms with Crippen LogP contribution in [-0.2, 0) is 4.79 Å². The molecule has 0 atom stereocenters. The molecule has 1 aromatic rings. The van der Waals surface area contributed by atoms with Gasteiger partial charge in [0.25, 0.3) is 0 Å². The number of nitrogens with zero attached hydrogens (tertiary/aromatic N) is 2. The van der Waals surface area contributed by atoms with Gasteiger partial charge in [-0.3, -0.25) is 4.79 Å². The lowest BCUT2D eigenvalue weighted by Crippen LogP contribution is -2.35. The number of carboxylic acids is 1. The lowest BCUT2D eigenvalue weighted by atomic mass is 9.93. The van der Waals surface area contributed by atoms with E-state index in [0.717, 1.165) is 25.9 Å². The van der Waals surface area contributed by atoms with Crippen LogP contribution in [0.4, 0.5) is 5.82 Å². The predicted octanol–water partition coefficient (Wildman–Crippen LogP) is 1.53. The van der Waals surface area contributed by atoms with Crippen molar-refractivity contribution in [3.8, 4) is 0 Å². The van der Waals surface area contributed by atoms with Gasteiger partial charge in [0.1, 0.15) is 5.82 Å². The maximum atomic E-state index is 11.0. The number of hydrogen-bond acceptors (Lipinski definition) is 4. The first-order valence-corrected chi connectivity index (χ1v) is 6.77. The Bertz CT molecular complexity index is 528. The molecule has 0 bridgehead atoms. The van der Waals surface area contributed by atoms with Gasteiger partial charge in [-0.05, 0) is 24.8 Å². The normalized spacial score (nSPS) is 16.1. The molecule has 0 saturated carbocycles. The SMILES string of the molecule is NC(=O)CC1CCN(c2cc(C(=O)O)c(Cl)cn2)CC1. The van der Waals surface area contributed by atoms with Gasteiger partial charge in [-0.25, -0.2) is 9.78 Å². The number of halogens is 1. The number of hydrogen-bond donors (Lipinski definition) is 2. The molecule has 1 amide bonds. The van der Waals surface area contributed by atoms with Gasteiger partial charge in [-0.2, -0.15) is 0 Å². The second-order valence-electron chi connectivity index (χ2n) is 4.93. The summed E-state index contributed by atoms with van der Waals surface area (Å²) >= 11 is 5.80. The first kappa shape index (κ1) is 14.6. The minimum Gasteiger partial charge on any atom is -0.478 e. The number of rotatable bonds is 4. The van der Waals surface area contributed by atoms with Gasteiger partial charge < -0.3 is 15.7 Å². The van der Waals surface area contributed by atoms with Gasteiger partial charge in [0.15, 0.2) is 0 Å². The van der Waals surface area contributed by atoms with Gasteiger partial charge in [-0.1, -0.05) is 11.6 Å². The number of anilines is 1. The molecule has 0 unspecified atom stereocenters. The molecule has 1 fully saturated rings. The second-order valence-corrected chi connectivity index (χ2v) is 5.34. The molecule has 0 aromatic carbocycles. The second kappa shape index (κ2) is 6.09. The van der Waals surface area contributed by atoms with Crippen LogP contribution in [0.3, 0.4) is 0 Å². The molecule has 0 aliphatic carbocycles. The molecule has 6 nitrogen and oxygen atoms in total. The van der Waals surface area contributed by atoms with Crippen LogP contribution >= 0.6 is 11.6 Å². The van der Waals surface area contributed by atoms with E-state index in [9.17, 15) is 9.59 Å². The zero-order valence-electron chi connectivity index (χ0n) is 10.9. The number of aromatic carboxylic acids is 1. The first-order valence-electron chi connectivity index (χ1n) is 6.39. The van der Waals surface area contributed by atoms with Gasteiger partial charge in [-0.15, -0.1) is 0 Å². The summed E-state index contributed by atoms with van der Waals surface area (Å²) < 4.78 is 0. The molecule has 20 heavy (non-hydrogen) atoms. The molecule has 2 heterocycles. The number of amides is 1. The molecule has 1 aromatic heterocycles. The Balaban J connectivity index is 2.05. The van der Waals surface area contributed by atoms with Crippen molar-refractivity contribution in [3.63, 3.8) is 0 Å². The molecule has 2 rings (SSSR count). The summed E-state index contributed by atoms with van der Waals surface area (Å²) in [4.78, 5) is 28.1. The number of aromatic nitrogens is 1. The Morgan fingerprint density at radius 1 is 1.45 bits per heavy atom. The summed E-state index contributed by atoms with van der Waals surface area (Å²) in [6, 6.07) is 1.49. The lowest BCUT2D eigenvalue weighted by molar-refractivity contribution is -0.119. The zero-order valence-corrected chi connectivity index (χ0v) is 11.6. The number of primary amides is 1.